The second-order valence-corrected chi connectivity index (χ2v) is 9.87. The van der Waals surface area contributed by atoms with Crippen LogP contribution in [0.3, 0.4) is 0 Å². The van der Waals surface area contributed by atoms with Crippen LogP contribution in [-0.4, -0.2) is 22.0 Å². The van der Waals surface area contributed by atoms with Crippen molar-refractivity contribution in [1.29, 1.82) is 0 Å². The van der Waals surface area contributed by atoms with Crippen molar-refractivity contribution >= 4 is 61.7 Å². The lowest BCUT2D eigenvalue weighted by molar-refractivity contribution is -0.123. The van der Waals surface area contributed by atoms with Gasteiger partial charge in [-0.15, -0.1) is 0 Å². The van der Waals surface area contributed by atoms with Crippen molar-refractivity contribution in [3.8, 4) is 5.75 Å². The Bertz CT molecular complexity index is 1560. The molecule has 4 aromatic carbocycles. The van der Waals surface area contributed by atoms with Crippen LogP contribution in [0.15, 0.2) is 94.3 Å². The molecule has 0 spiro atoms. The van der Waals surface area contributed by atoms with Gasteiger partial charge < -0.3 is 4.74 Å². The molecule has 0 atom stereocenters. The maximum Gasteiger partial charge on any atom is 0.344 e. The minimum absolute atomic E-state index is 0.150. The van der Waals surface area contributed by atoms with Crippen LogP contribution in [0.4, 0.5) is 9.18 Å². The summed E-state index contributed by atoms with van der Waals surface area (Å²) in [4.78, 5) is 39.8. The molecular formula is C28H17BrFNO4S. The molecule has 0 unspecified atom stereocenters. The number of thioether (sulfide) groups is 1. The highest BCUT2D eigenvalue weighted by Crippen LogP contribution is 2.36. The summed E-state index contributed by atoms with van der Waals surface area (Å²) in [6.45, 7) is -0.171. The van der Waals surface area contributed by atoms with Crippen molar-refractivity contribution in [1.82, 2.24) is 4.90 Å². The Kier molecular flexibility index (Phi) is 6.71. The van der Waals surface area contributed by atoms with Gasteiger partial charge in [0.05, 0.1) is 17.0 Å². The molecule has 2 amide bonds. The zero-order valence-corrected chi connectivity index (χ0v) is 21.0. The first kappa shape index (κ1) is 24.0. The normalized spacial score (nSPS) is 14.6. The maximum absolute atomic E-state index is 14.1. The topological polar surface area (TPSA) is 63.7 Å². The SMILES string of the molecule is O=C(Oc1ccc(Br)cc1/C=C1\SC(=O)N(Cc2ccccc2F)C1=O)c1cccc2ccccc12. The zero-order chi connectivity index (χ0) is 25.2. The van der Waals surface area contributed by atoms with E-state index < -0.39 is 22.9 Å². The van der Waals surface area contributed by atoms with Crippen LogP contribution in [0, 0.1) is 5.82 Å². The Morgan fingerprint density at radius 1 is 0.972 bits per heavy atom. The van der Waals surface area contributed by atoms with E-state index in [2.05, 4.69) is 15.9 Å². The fourth-order valence-corrected chi connectivity index (χ4v) is 5.07. The van der Waals surface area contributed by atoms with Gasteiger partial charge >= 0.3 is 5.97 Å². The predicted octanol–water partition coefficient (Wildman–Crippen LogP) is 7.20. The minimum atomic E-state index is -0.545. The van der Waals surface area contributed by atoms with Crippen LogP contribution < -0.4 is 4.74 Å². The van der Waals surface area contributed by atoms with Gasteiger partial charge in [-0.1, -0.05) is 70.5 Å². The van der Waals surface area contributed by atoms with Crippen LogP contribution in [0.5, 0.6) is 5.75 Å². The Balaban J connectivity index is 1.44. The molecule has 0 aromatic heterocycles. The molecule has 36 heavy (non-hydrogen) atoms. The molecule has 4 aromatic rings. The van der Waals surface area contributed by atoms with Gasteiger partial charge in [-0.25, -0.2) is 9.18 Å². The van der Waals surface area contributed by atoms with E-state index in [0.717, 1.165) is 27.4 Å². The average molecular weight is 562 g/mol. The zero-order valence-electron chi connectivity index (χ0n) is 18.6. The van der Waals surface area contributed by atoms with Crippen molar-refractivity contribution in [2.45, 2.75) is 6.54 Å². The minimum Gasteiger partial charge on any atom is -0.422 e. The van der Waals surface area contributed by atoms with Crippen LogP contribution >= 0.6 is 27.7 Å². The van der Waals surface area contributed by atoms with Crippen LogP contribution in [0.2, 0.25) is 0 Å². The molecule has 1 aliphatic heterocycles. The fourth-order valence-electron chi connectivity index (χ4n) is 3.86. The van der Waals surface area contributed by atoms with Gasteiger partial charge in [-0.3, -0.25) is 14.5 Å². The van der Waals surface area contributed by atoms with E-state index in [9.17, 15) is 18.8 Å². The average Bonchev–Trinajstić information content (AvgIpc) is 3.13. The van der Waals surface area contributed by atoms with Gasteiger partial charge in [0.25, 0.3) is 11.1 Å². The number of ether oxygens (including phenoxy) is 1. The summed E-state index contributed by atoms with van der Waals surface area (Å²) in [5.41, 5.74) is 1.09. The first-order chi connectivity index (χ1) is 17.4. The van der Waals surface area contributed by atoms with Crippen molar-refractivity contribution in [3.05, 3.63) is 117 Å². The Morgan fingerprint density at radius 2 is 1.72 bits per heavy atom. The number of carbonyl (C=O) groups is 3. The molecular weight excluding hydrogens is 545 g/mol. The Hall–Kier alpha value is -3.75. The van der Waals surface area contributed by atoms with Gasteiger partial charge in [-0.05, 0) is 58.9 Å². The van der Waals surface area contributed by atoms with Crippen LogP contribution in [-0.2, 0) is 11.3 Å². The van der Waals surface area contributed by atoms with Gasteiger partial charge in [-0.2, -0.15) is 0 Å². The quantitative estimate of drug-likeness (QED) is 0.146. The van der Waals surface area contributed by atoms with E-state index in [-0.39, 0.29) is 22.8 Å². The number of imide groups is 1. The predicted molar refractivity (Wildman–Crippen MR) is 141 cm³/mol. The van der Waals surface area contributed by atoms with Crippen molar-refractivity contribution in [3.63, 3.8) is 0 Å². The van der Waals surface area contributed by atoms with Gasteiger partial charge in [0.1, 0.15) is 11.6 Å². The summed E-state index contributed by atoms with van der Waals surface area (Å²) in [7, 11) is 0. The largest absolute Gasteiger partial charge is 0.422 e. The molecule has 0 bridgehead atoms. The highest BCUT2D eigenvalue weighted by atomic mass is 79.9. The molecule has 8 heteroatoms. The summed E-state index contributed by atoms with van der Waals surface area (Å²) in [6, 6.07) is 23.9. The lowest BCUT2D eigenvalue weighted by Crippen LogP contribution is -2.27. The second kappa shape index (κ2) is 10.1. The number of esters is 1. The number of hydrogen-bond donors (Lipinski definition) is 0. The number of benzene rings is 4. The number of hydrogen-bond acceptors (Lipinski definition) is 5. The molecule has 1 saturated heterocycles. The van der Waals surface area contributed by atoms with Crippen molar-refractivity contribution < 1.29 is 23.5 Å². The summed E-state index contributed by atoms with van der Waals surface area (Å²) < 4.78 is 20.5. The van der Waals surface area contributed by atoms with Crippen LogP contribution in [0.1, 0.15) is 21.5 Å². The highest BCUT2D eigenvalue weighted by Gasteiger charge is 2.35. The van der Waals surface area contributed by atoms with E-state index in [1.807, 2.05) is 30.3 Å². The van der Waals surface area contributed by atoms with E-state index in [1.165, 1.54) is 18.2 Å². The summed E-state index contributed by atoms with van der Waals surface area (Å²) in [6.07, 6.45) is 1.50. The smallest absolute Gasteiger partial charge is 0.344 e. The van der Waals surface area contributed by atoms with Crippen molar-refractivity contribution in [2.75, 3.05) is 0 Å². The molecule has 1 aliphatic rings. The molecule has 178 valence electrons. The van der Waals surface area contributed by atoms with E-state index >= 15 is 0 Å². The number of rotatable bonds is 5. The molecule has 1 fully saturated rings. The molecule has 0 N–H and O–H groups in total. The maximum atomic E-state index is 14.1. The van der Waals surface area contributed by atoms with Gasteiger partial charge in [0.2, 0.25) is 0 Å². The van der Waals surface area contributed by atoms with Gasteiger partial charge in [0, 0.05) is 15.6 Å². The molecule has 0 aliphatic carbocycles. The molecule has 0 saturated carbocycles. The lowest BCUT2D eigenvalue weighted by atomic mass is 10.0. The van der Waals surface area contributed by atoms with E-state index in [0.29, 0.717) is 15.6 Å². The molecule has 1 heterocycles. The first-order valence-electron chi connectivity index (χ1n) is 10.9. The number of amides is 2. The summed E-state index contributed by atoms with van der Waals surface area (Å²) >= 11 is 4.15. The monoisotopic (exact) mass is 561 g/mol. The van der Waals surface area contributed by atoms with Crippen molar-refractivity contribution in [2.24, 2.45) is 0 Å². The highest BCUT2D eigenvalue weighted by molar-refractivity contribution is 9.10. The van der Waals surface area contributed by atoms with Gasteiger partial charge in [0.15, 0.2) is 0 Å². The third-order valence-corrected chi connectivity index (χ3v) is 7.03. The number of fused-ring (bicyclic) bond motifs is 1. The van der Waals surface area contributed by atoms with E-state index in [1.54, 1.807) is 42.5 Å². The Morgan fingerprint density at radius 3 is 2.56 bits per heavy atom. The molecule has 0 radical (unpaired) electrons. The van der Waals surface area contributed by atoms with Crippen LogP contribution in [0.25, 0.3) is 16.8 Å². The standard InChI is InChI=1S/C28H17BrFNO4S/c29-20-12-13-24(35-27(33)22-10-5-8-17-6-1-3-9-21(17)22)19(14-20)15-25-26(32)31(28(34)36-25)16-18-7-2-4-11-23(18)30/h1-15H,16H2/b25-15-. The molecule has 5 rings (SSSR count). The number of nitrogens with zero attached hydrogens (tertiary/aromatic N) is 1. The second-order valence-electron chi connectivity index (χ2n) is 7.96. The third kappa shape index (κ3) is 4.82. The summed E-state index contributed by atoms with van der Waals surface area (Å²) in [5.74, 6) is -1.34. The fraction of sp³-hybridized carbons (Fsp3) is 0.0357. The third-order valence-electron chi connectivity index (χ3n) is 5.63. The number of carbonyl (C=O) groups excluding carboxylic acids is 3. The van der Waals surface area contributed by atoms with E-state index in [4.69, 9.17) is 4.74 Å². The number of halogens is 2. The lowest BCUT2D eigenvalue weighted by Gasteiger charge is -2.13. The Labute approximate surface area is 218 Å². The summed E-state index contributed by atoms with van der Waals surface area (Å²) in [5, 5.41) is 1.17. The molecule has 5 nitrogen and oxygen atoms in total. The first-order valence-corrected chi connectivity index (χ1v) is 12.5.